The van der Waals surface area contributed by atoms with Crippen molar-refractivity contribution in [2.45, 2.75) is 6.54 Å². The van der Waals surface area contributed by atoms with Crippen molar-refractivity contribution in [3.63, 3.8) is 0 Å². The Labute approximate surface area is 162 Å². The Morgan fingerprint density at radius 1 is 1.18 bits per heavy atom. The Morgan fingerprint density at radius 2 is 2.00 bits per heavy atom. The maximum absolute atomic E-state index is 12.6. The van der Waals surface area contributed by atoms with Gasteiger partial charge in [0.2, 0.25) is 0 Å². The average Bonchev–Trinajstić information content (AvgIpc) is 2.70. The number of pyridine rings is 1. The van der Waals surface area contributed by atoms with Gasteiger partial charge in [-0.15, -0.1) is 0 Å². The molecule has 8 heteroatoms. The summed E-state index contributed by atoms with van der Waals surface area (Å²) in [5.74, 6) is -0.359. The summed E-state index contributed by atoms with van der Waals surface area (Å²) < 4.78 is 0. The van der Waals surface area contributed by atoms with E-state index in [1.807, 2.05) is 18.2 Å². The van der Waals surface area contributed by atoms with Gasteiger partial charge in [-0.05, 0) is 30.8 Å². The fourth-order valence-corrected chi connectivity index (χ4v) is 3.30. The molecule has 1 saturated heterocycles. The van der Waals surface area contributed by atoms with Crippen molar-refractivity contribution in [2.24, 2.45) is 0 Å². The second-order valence-corrected chi connectivity index (χ2v) is 7.05. The molecule has 0 unspecified atom stereocenters. The molecule has 144 valence electrons. The molecule has 0 spiro atoms. The van der Waals surface area contributed by atoms with E-state index in [1.54, 1.807) is 0 Å². The largest absolute Gasteiger partial charge is 0.321 e. The van der Waals surface area contributed by atoms with Gasteiger partial charge >= 0.3 is 0 Å². The van der Waals surface area contributed by atoms with Crippen LogP contribution in [0.2, 0.25) is 0 Å². The summed E-state index contributed by atoms with van der Waals surface area (Å²) >= 11 is 0. The molecule has 4 rings (SSSR count). The summed E-state index contributed by atoms with van der Waals surface area (Å²) in [6.07, 6.45) is 2.75. The first-order valence-corrected chi connectivity index (χ1v) is 9.23. The van der Waals surface area contributed by atoms with Crippen LogP contribution in [0.25, 0.3) is 10.9 Å². The van der Waals surface area contributed by atoms with Gasteiger partial charge < -0.3 is 15.2 Å². The maximum Gasteiger partial charge on any atom is 0.274 e. The van der Waals surface area contributed by atoms with Crippen molar-refractivity contribution in [3.05, 3.63) is 64.5 Å². The molecule has 3 heterocycles. The van der Waals surface area contributed by atoms with Crippen LogP contribution < -0.4 is 10.9 Å². The van der Waals surface area contributed by atoms with Crippen molar-refractivity contribution in [3.8, 4) is 0 Å². The van der Waals surface area contributed by atoms with Gasteiger partial charge in [0.25, 0.3) is 11.5 Å². The summed E-state index contributed by atoms with van der Waals surface area (Å²) in [5.41, 5.74) is 2.19. The molecular formula is C20H22N6O2. The number of aromatic nitrogens is 3. The number of aromatic amines is 1. The van der Waals surface area contributed by atoms with E-state index in [0.29, 0.717) is 16.6 Å². The highest BCUT2D eigenvalue weighted by atomic mass is 16.2. The summed E-state index contributed by atoms with van der Waals surface area (Å²) in [7, 11) is 2.14. The van der Waals surface area contributed by atoms with Gasteiger partial charge in [-0.25, -0.2) is 9.97 Å². The lowest BCUT2D eigenvalue weighted by molar-refractivity contribution is 0.102. The van der Waals surface area contributed by atoms with Crippen LogP contribution >= 0.6 is 0 Å². The molecule has 0 radical (unpaired) electrons. The molecule has 2 aromatic heterocycles. The number of fused-ring (bicyclic) bond motifs is 1. The Bertz CT molecular complexity index is 1060. The lowest BCUT2D eigenvalue weighted by atomic mass is 10.1. The molecule has 1 aliphatic rings. The van der Waals surface area contributed by atoms with Crippen molar-refractivity contribution in [1.82, 2.24) is 24.8 Å². The number of amides is 1. The number of nitrogens with zero attached hydrogens (tertiary/aromatic N) is 4. The molecular weight excluding hydrogens is 356 g/mol. The predicted molar refractivity (Wildman–Crippen MR) is 107 cm³/mol. The van der Waals surface area contributed by atoms with Crippen LogP contribution in [0, 0.1) is 0 Å². The number of H-pyrrole nitrogens is 1. The van der Waals surface area contributed by atoms with Crippen LogP contribution in [0.4, 0.5) is 5.69 Å². The van der Waals surface area contributed by atoms with Gasteiger partial charge in [0.1, 0.15) is 5.69 Å². The normalized spacial score (nSPS) is 15.6. The number of benzene rings is 1. The number of piperazine rings is 1. The molecule has 8 nitrogen and oxygen atoms in total. The Hall–Kier alpha value is -3.10. The van der Waals surface area contributed by atoms with Crippen LogP contribution in [0.5, 0.6) is 0 Å². The quantitative estimate of drug-likeness (QED) is 0.711. The van der Waals surface area contributed by atoms with E-state index in [4.69, 9.17) is 0 Å². The van der Waals surface area contributed by atoms with Crippen LogP contribution in [-0.2, 0) is 6.54 Å². The monoisotopic (exact) mass is 378 g/mol. The number of nitrogens with one attached hydrogen (secondary N) is 2. The van der Waals surface area contributed by atoms with Gasteiger partial charge in [-0.1, -0.05) is 12.1 Å². The van der Waals surface area contributed by atoms with Gasteiger partial charge in [0.15, 0.2) is 0 Å². The van der Waals surface area contributed by atoms with Crippen molar-refractivity contribution in [1.29, 1.82) is 0 Å². The molecule has 2 N–H and O–H groups in total. The molecule has 0 atom stereocenters. The second-order valence-electron chi connectivity index (χ2n) is 7.05. The smallest absolute Gasteiger partial charge is 0.274 e. The SMILES string of the molecule is CN1CCN(Cc2cccc(NC(=O)c3cc4c(=O)[nH]cnc4cn3)c2)CC1. The van der Waals surface area contributed by atoms with E-state index in [2.05, 4.69) is 43.2 Å². The number of carbonyl (C=O) groups excluding carboxylic acids is 1. The summed E-state index contributed by atoms with van der Waals surface area (Å²) in [5, 5.41) is 3.21. The molecule has 0 bridgehead atoms. The van der Waals surface area contributed by atoms with E-state index in [-0.39, 0.29) is 17.2 Å². The number of likely N-dealkylation sites (N-methyl/N-ethyl adjacent to an activating group) is 1. The maximum atomic E-state index is 12.6. The van der Waals surface area contributed by atoms with E-state index in [9.17, 15) is 9.59 Å². The van der Waals surface area contributed by atoms with E-state index < -0.39 is 0 Å². The van der Waals surface area contributed by atoms with Gasteiger partial charge in [-0.2, -0.15) is 0 Å². The number of carbonyl (C=O) groups is 1. The lowest BCUT2D eigenvalue weighted by Gasteiger charge is -2.32. The highest BCUT2D eigenvalue weighted by Crippen LogP contribution is 2.15. The topological polar surface area (TPSA) is 94.2 Å². The van der Waals surface area contributed by atoms with E-state index in [0.717, 1.165) is 38.3 Å². The van der Waals surface area contributed by atoms with E-state index in [1.165, 1.54) is 18.6 Å². The molecule has 3 aromatic rings. The highest BCUT2D eigenvalue weighted by molar-refractivity contribution is 6.04. The third-order valence-electron chi connectivity index (χ3n) is 4.95. The molecule has 1 aliphatic heterocycles. The van der Waals surface area contributed by atoms with Crippen molar-refractivity contribution < 1.29 is 4.79 Å². The van der Waals surface area contributed by atoms with Crippen molar-refractivity contribution >= 4 is 22.5 Å². The Balaban J connectivity index is 1.47. The standard InChI is InChI=1S/C20H22N6O2/c1-25-5-7-26(8-6-25)12-14-3-2-4-15(9-14)24-20(28)17-10-16-18(11-21-17)22-13-23-19(16)27/h2-4,9-11,13H,5-8,12H2,1H3,(H,24,28)(H,22,23,27). The van der Waals surface area contributed by atoms with Gasteiger partial charge in [0.05, 0.1) is 23.4 Å². The third-order valence-corrected chi connectivity index (χ3v) is 4.95. The number of anilines is 1. The zero-order valence-electron chi connectivity index (χ0n) is 15.7. The van der Waals surface area contributed by atoms with Crippen LogP contribution in [-0.4, -0.2) is 63.9 Å². The number of rotatable bonds is 4. The van der Waals surface area contributed by atoms with Crippen LogP contribution in [0.1, 0.15) is 16.1 Å². The van der Waals surface area contributed by atoms with Crippen molar-refractivity contribution in [2.75, 3.05) is 38.5 Å². The zero-order chi connectivity index (χ0) is 19.5. The Kier molecular flexibility index (Phi) is 5.14. The first-order chi connectivity index (χ1) is 13.6. The second kappa shape index (κ2) is 7.87. The fourth-order valence-electron chi connectivity index (χ4n) is 3.30. The first kappa shape index (κ1) is 18.3. The predicted octanol–water partition coefficient (Wildman–Crippen LogP) is 1.32. The zero-order valence-corrected chi connectivity index (χ0v) is 15.7. The fraction of sp³-hybridized carbons (Fsp3) is 0.300. The van der Waals surface area contributed by atoms with E-state index >= 15 is 0 Å². The average molecular weight is 378 g/mol. The molecule has 1 fully saturated rings. The number of hydrogen-bond acceptors (Lipinski definition) is 6. The van der Waals surface area contributed by atoms with Crippen LogP contribution in [0.3, 0.4) is 0 Å². The molecule has 28 heavy (non-hydrogen) atoms. The Morgan fingerprint density at radius 3 is 2.82 bits per heavy atom. The highest BCUT2D eigenvalue weighted by Gasteiger charge is 2.15. The molecule has 1 aromatic carbocycles. The van der Waals surface area contributed by atoms with Gasteiger partial charge in [-0.3, -0.25) is 14.5 Å². The number of hydrogen-bond donors (Lipinski definition) is 2. The lowest BCUT2D eigenvalue weighted by Crippen LogP contribution is -2.43. The minimum atomic E-state index is -0.359. The third kappa shape index (κ3) is 4.08. The van der Waals surface area contributed by atoms with Gasteiger partial charge in [0, 0.05) is 38.4 Å². The summed E-state index contributed by atoms with van der Waals surface area (Å²) in [4.78, 5) is 39.9. The minimum Gasteiger partial charge on any atom is -0.321 e. The summed E-state index contributed by atoms with van der Waals surface area (Å²) in [6, 6.07) is 9.29. The molecule has 0 saturated carbocycles. The first-order valence-electron chi connectivity index (χ1n) is 9.23. The summed E-state index contributed by atoms with van der Waals surface area (Å²) in [6.45, 7) is 5.07. The van der Waals surface area contributed by atoms with Crippen LogP contribution in [0.15, 0.2) is 47.7 Å². The molecule has 1 amide bonds. The minimum absolute atomic E-state index is 0.176. The molecule has 0 aliphatic carbocycles.